The summed E-state index contributed by atoms with van der Waals surface area (Å²) in [5.41, 5.74) is 7.24. The van der Waals surface area contributed by atoms with E-state index in [0.717, 1.165) is 55.2 Å². The number of benzene rings is 2. The zero-order chi connectivity index (χ0) is 18.8. The number of unbranched alkanes of at least 4 members (excludes halogenated alkanes) is 1. The second kappa shape index (κ2) is 7.47. The summed E-state index contributed by atoms with van der Waals surface area (Å²) in [7, 11) is 1.71. The number of aryl methyl sites for hydroxylation is 2. The lowest BCUT2D eigenvalue weighted by atomic mass is 9.89. The molecule has 0 N–H and O–H groups in total. The van der Waals surface area contributed by atoms with Gasteiger partial charge in [0, 0.05) is 11.1 Å². The number of rotatable bonds is 6. The minimum Gasteiger partial charge on any atom is -0.497 e. The van der Waals surface area contributed by atoms with Crippen LogP contribution in [0.2, 0.25) is 0 Å². The Kier molecular flexibility index (Phi) is 4.88. The summed E-state index contributed by atoms with van der Waals surface area (Å²) in [5.74, 6) is 1.79. The molecule has 1 aliphatic rings. The maximum Gasteiger partial charge on any atom is 0.119 e. The number of aromatic nitrogens is 2. The van der Waals surface area contributed by atoms with Gasteiger partial charge in [0.25, 0.3) is 0 Å². The molecule has 140 valence electrons. The Morgan fingerprint density at radius 2 is 1.81 bits per heavy atom. The van der Waals surface area contributed by atoms with E-state index < -0.39 is 0 Å². The first kappa shape index (κ1) is 17.7. The van der Waals surface area contributed by atoms with Crippen LogP contribution in [-0.4, -0.2) is 23.5 Å². The van der Waals surface area contributed by atoms with Gasteiger partial charge < -0.3 is 9.47 Å². The molecule has 0 atom stereocenters. The largest absolute Gasteiger partial charge is 0.497 e. The van der Waals surface area contributed by atoms with Gasteiger partial charge in [-0.3, -0.25) is 0 Å². The van der Waals surface area contributed by atoms with Crippen molar-refractivity contribution >= 4 is 0 Å². The highest BCUT2D eigenvalue weighted by atomic mass is 16.5. The lowest BCUT2D eigenvalue weighted by molar-refractivity contribution is 0.309. The summed E-state index contributed by atoms with van der Waals surface area (Å²) in [4.78, 5) is 0. The molecule has 0 aliphatic heterocycles. The van der Waals surface area contributed by atoms with Crippen LogP contribution in [0, 0.1) is 6.92 Å². The van der Waals surface area contributed by atoms with Crippen molar-refractivity contribution in [1.82, 2.24) is 9.78 Å². The molecule has 4 heteroatoms. The minimum atomic E-state index is 0.763. The van der Waals surface area contributed by atoms with Gasteiger partial charge in [0.1, 0.15) is 11.5 Å². The number of nitrogens with zero attached hydrogens (tertiary/aromatic N) is 2. The maximum absolute atomic E-state index is 5.80. The smallest absolute Gasteiger partial charge is 0.119 e. The van der Waals surface area contributed by atoms with E-state index in [2.05, 4.69) is 42.8 Å². The average molecular weight is 362 g/mol. The third-order valence-corrected chi connectivity index (χ3v) is 5.25. The molecule has 2 aromatic carbocycles. The molecule has 0 fully saturated rings. The van der Waals surface area contributed by atoms with Gasteiger partial charge in [0.15, 0.2) is 0 Å². The van der Waals surface area contributed by atoms with Crippen LogP contribution in [0.5, 0.6) is 11.5 Å². The SMILES string of the molecule is CCCCOc1ccc(-n2nc(C)c3c2-c2cc(OC)ccc2CC3)cc1. The second-order valence-corrected chi connectivity index (χ2v) is 7.04. The molecule has 1 aliphatic carbocycles. The van der Waals surface area contributed by atoms with Crippen LogP contribution >= 0.6 is 0 Å². The Balaban J connectivity index is 1.73. The highest BCUT2D eigenvalue weighted by molar-refractivity contribution is 5.74. The van der Waals surface area contributed by atoms with Gasteiger partial charge in [-0.2, -0.15) is 5.10 Å². The van der Waals surface area contributed by atoms with E-state index in [-0.39, 0.29) is 0 Å². The molecule has 27 heavy (non-hydrogen) atoms. The van der Waals surface area contributed by atoms with E-state index in [1.54, 1.807) is 7.11 Å². The monoisotopic (exact) mass is 362 g/mol. The van der Waals surface area contributed by atoms with Crippen molar-refractivity contribution in [3.8, 4) is 28.4 Å². The number of hydrogen-bond acceptors (Lipinski definition) is 3. The van der Waals surface area contributed by atoms with Gasteiger partial charge in [0.2, 0.25) is 0 Å². The molecule has 0 radical (unpaired) electrons. The fraction of sp³-hybridized carbons (Fsp3) is 0.348. The van der Waals surface area contributed by atoms with Crippen molar-refractivity contribution in [2.45, 2.75) is 39.5 Å². The summed E-state index contributed by atoms with van der Waals surface area (Å²) in [5, 5.41) is 4.86. The molecule has 0 amide bonds. The Morgan fingerprint density at radius 1 is 1.04 bits per heavy atom. The molecule has 1 aromatic heterocycles. The van der Waals surface area contributed by atoms with Gasteiger partial charge in [-0.15, -0.1) is 0 Å². The van der Waals surface area contributed by atoms with E-state index in [4.69, 9.17) is 14.6 Å². The quantitative estimate of drug-likeness (QED) is 0.570. The van der Waals surface area contributed by atoms with Crippen molar-refractivity contribution < 1.29 is 9.47 Å². The predicted molar refractivity (Wildman–Crippen MR) is 108 cm³/mol. The summed E-state index contributed by atoms with van der Waals surface area (Å²) < 4.78 is 13.3. The lowest BCUT2D eigenvalue weighted by Crippen LogP contribution is -2.07. The van der Waals surface area contributed by atoms with Gasteiger partial charge in [-0.05, 0) is 68.1 Å². The third-order valence-electron chi connectivity index (χ3n) is 5.25. The molecule has 0 spiro atoms. The van der Waals surface area contributed by atoms with E-state index in [1.165, 1.54) is 22.4 Å². The van der Waals surface area contributed by atoms with E-state index in [1.807, 2.05) is 18.2 Å². The summed E-state index contributed by atoms with van der Waals surface area (Å²) >= 11 is 0. The van der Waals surface area contributed by atoms with Gasteiger partial charge in [-0.1, -0.05) is 19.4 Å². The first-order chi connectivity index (χ1) is 13.2. The number of ether oxygens (including phenoxy) is 2. The van der Waals surface area contributed by atoms with Crippen LogP contribution in [0.1, 0.15) is 36.6 Å². The standard InChI is InChI=1S/C23H26N2O2/c1-4-5-14-27-19-11-8-18(9-12-19)25-23-21(16(2)24-25)13-7-17-6-10-20(26-3)15-22(17)23/h6,8-12,15H,4-5,7,13-14H2,1-3H3. The van der Waals surface area contributed by atoms with Crippen molar-refractivity contribution in [3.63, 3.8) is 0 Å². The number of methoxy groups -OCH3 is 1. The van der Waals surface area contributed by atoms with E-state index >= 15 is 0 Å². The molecule has 1 heterocycles. The summed E-state index contributed by atoms with van der Waals surface area (Å²) in [6.45, 7) is 5.03. The topological polar surface area (TPSA) is 36.3 Å². The Hall–Kier alpha value is -2.75. The fourth-order valence-corrected chi connectivity index (χ4v) is 3.72. The molecule has 4 nitrogen and oxygen atoms in total. The molecule has 3 aromatic rings. The summed E-state index contributed by atoms with van der Waals surface area (Å²) in [6.07, 6.45) is 4.29. The van der Waals surface area contributed by atoms with Crippen molar-refractivity contribution in [1.29, 1.82) is 0 Å². The van der Waals surface area contributed by atoms with Crippen LogP contribution in [0.15, 0.2) is 42.5 Å². The molecular weight excluding hydrogens is 336 g/mol. The zero-order valence-electron chi connectivity index (χ0n) is 16.3. The van der Waals surface area contributed by atoms with Crippen molar-refractivity contribution in [2.75, 3.05) is 13.7 Å². The lowest BCUT2D eigenvalue weighted by Gasteiger charge is -2.19. The maximum atomic E-state index is 5.80. The molecular formula is C23H26N2O2. The van der Waals surface area contributed by atoms with Crippen LogP contribution in [-0.2, 0) is 12.8 Å². The van der Waals surface area contributed by atoms with Crippen molar-refractivity contribution in [3.05, 3.63) is 59.3 Å². The first-order valence-corrected chi connectivity index (χ1v) is 9.70. The number of fused-ring (bicyclic) bond motifs is 3. The highest BCUT2D eigenvalue weighted by Crippen LogP contribution is 2.38. The fourth-order valence-electron chi connectivity index (χ4n) is 3.72. The number of hydrogen-bond donors (Lipinski definition) is 0. The third kappa shape index (κ3) is 3.32. The molecule has 0 unspecified atom stereocenters. The molecule has 0 saturated carbocycles. The van der Waals surface area contributed by atoms with Gasteiger partial charge in [-0.25, -0.2) is 4.68 Å². The Labute approximate surface area is 160 Å². The second-order valence-electron chi connectivity index (χ2n) is 7.04. The average Bonchev–Trinajstić information content (AvgIpc) is 3.05. The van der Waals surface area contributed by atoms with Crippen LogP contribution in [0.3, 0.4) is 0 Å². The van der Waals surface area contributed by atoms with E-state index in [0.29, 0.717) is 0 Å². The normalized spacial score (nSPS) is 12.4. The Bertz CT molecular complexity index is 942. The van der Waals surface area contributed by atoms with Crippen LogP contribution in [0.25, 0.3) is 16.9 Å². The van der Waals surface area contributed by atoms with Gasteiger partial charge >= 0.3 is 0 Å². The minimum absolute atomic E-state index is 0.763. The molecule has 0 saturated heterocycles. The molecule has 0 bridgehead atoms. The molecule has 4 rings (SSSR count). The highest BCUT2D eigenvalue weighted by Gasteiger charge is 2.24. The Morgan fingerprint density at radius 3 is 2.56 bits per heavy atom. The zero-order valence-corrected chi connectivity index (χ0v) is 16.3. The van der Waals surface area contributed by atoms with Crippen LogP contribution < -0.4 is 9.47 Å². The van der Waals surface area contributed by atoms with Crippen molar-refractivity contribution in [2.24, 2.45) is 0 Å². The first-order valence-electron chi connectivity index (χ1n) is 9.70. The predicted octanol–water partition coefficient (Wildman–Crippen LogP) is 5.13. The summed E-state index contributed by atoms with van der Waals surface area (Å²) in [6, 6.07) is 14.6. The van der Waals surface area contributed by atoms with Crippen LogP contribution in [0.4, 0.5) is 0 Å². The van der Waals surface area contributed by atoms with E-state index in [9.17, 15) is 0 Å². The van der Waals surface area contributed by atoms with Gasteiger partial charge in [0.05, 0.1) is 30.8 Å².